The van der Waals surface area contributed by atoms with Crippen molar-refractivity contribution in [3.63, 3.8) is 0 Å². The van der Waals surface area contributed by atoms with E-state index in [1.807, 2.05) is 0 Å². The number of carbonyl (C=O) groups excluding carboxylic acids is 1. The third-order valence-corrected chi connectivity index (χ3v) is 5.71. The average Bonchev–Trinajstić information content (AvgIpc) is 2.91. The van der Waals surface area contributed by atoms with Crippen LogP contribution >= 0.6 is 12.4 Å². The Labute approximate surface area is 147 Å². The van der Waals surface area contributed by atoms with E-state index in [0.717, 1.165) is 32.2 Å². The fraction of sp³-hybridized carbons (Fsp3) is 0.632. The Balaban J connectivity index is 0.00000264. The molecule has 1 aromatic carbocycles. The van der Waals surface area contributed by atoms with Crippen molar-refractivity contribution in [3.8, 4) is 0 Å². The molecule has 1 aromatic rings. The molecule has 0 saturated carbocycles. The van der Waals surface area contributed by atoms with Crippen LogP contribution in [-0.4, -0.2) is 29.9 Å². The van der Waals surface area contributed by atoms with Crippen LogP contribution in [0.2, 0.25) is 0 Å². The highest BCUT2D eigenvalue weighted by Crippen LogP contribution is 2.34. The zero-order chi connectivity index (χ0) is 16.2. The van der Waals surface area contributed by atoms with Crippen LogP contribution in [0.5, 0.6) is 0 Å². The quantitative estimate of drug-likeness (QED) is 0.860. The van der Waals surface area contributed by atoms with E-state index in [2.05, 4.69) is 56.0 Å². The predicted molar refractivity (Wildman–Crippen MR) is 98.7 cm³/mol. The standard InChI is InChI=1S/C19H30N2O.ClH/c1-4-19(5-2,14-20)18(22)21-12-11-17(15(21)3)13-16-9-7-6-8-10-16;/h6-10,15,17H,4-5,11-14,20H2,1-3H3;1H. The number of rotatable bonds is 6. The van der Waals surface area contributed by atoms with E-state index in [1.54, 1.807) is 0 Å². The highest BCUT2D eigenvalue weighted by atomic mass is 35.5. The van der Waals surface area contributed by atoms with Crippen LogP contribution in [0, 0.1) is 11.3 Å². The Kier molecular flexibility index (Phi) is 7.56. The summed E-state index contributed by atoms with van der Waals surface area (Å²) in [6.45, 7) is 7.68. The second-order valence-corrected chi connectivity index (χ2v) is 6.67. The summed E-state index contributed by atoms with van der Waals surface area (Å²) in [5.41, 5.74) is 6.95. The van der Waals surface area contributed by atoms with Crippen molar-refractivity contribution in [2.75, 3.05) is 13.1 Å². The normalized spacial score (nSPS) is 21.1. The van der Waals surface area contributed by atoms with Crippen LogP contribution < -0.4 is 5.73 Å². The van der Waals surface area contributed by atoms with E-state index >= 15 is 0 Å². The minimum atomic E-state index is -0.365. The summed E-state index contributed by atoms with van der Waals surface area (Å²) < 4.78 is 0. The van der Waals surface area contributed by atoms with Crippen molar-refractivity contribution in [2.24, 2.45) is 17.1 Å². The highest BCUT2D eigenvalue weighted by molar-refractivity contribution is 5.85. The number of halogens is 1. The molecule has 2 unspecified atom stereocenters. The lowest BCUT2D eigenvalue weighted by atomic mass is 9.80. The Hall–Kier alpha value is -1.06. The van der Waals surface area contributed by atoms with Crippen LogP contribution in [0.25, 0.3) is 0 Å². The molecule has 1 saturated heterocycles. The van der Waals surface area contributed by atoms with E-state index < -0.39 is 0 Å². The third-order valence-electron chi connectivity index (χ3n) is 5.71. The fourth-order valence-electron chi connectivity index (χ4n) is 3.71. The van der Waals surface area contributed by atoms with E-state index in [1.165, 1.54) is 5.56 Å². The van der Waals surface area contributed by atoms with Gasteiger partial charge in [0.15, 0.2) is 0 Å². The molecule has 130 valence electrons. The van der Waals surface area contributed by atoms with Crippen LogP contribution in [0.15, 0.2) is 30.3 Å². The van der Waals surface area contributed by atoms with Crippen molar-refractivity contribution in [1.29, 1.82) is 0 Å². The number of benzene rings is 1. The van der Waals surface area contributed by atoms with Gasteiger partial charge < -0.3 is 10.6 Å². The number of likely N-dealkylation sites (tertiary alicyclic amines) is 1. The van der Waals surface area contributed by atoms with Crippen LogP contribution in [-0.2, 0) is 11.2 Å². The van der Waals surface area contributed by atoms with Crippen molar-refractivity contribution in [1.82, 2.24) is 4.90 Å². The summed E-state index contributed by atoms with van der Waals surface area (Å²) in [5, 5.41) is 0. The van der Waals surface area contributed by atoms with Crippen molar-refractivity contribution >= 4 is 18.3 Å². The van der Waals surface area contributed by atoms with Crippen LogP contribution in [0.1, 0.15) is 45.6 Å². The van der Waals surface area contributed by atoms with Gasteiger partial charge in [-0.2, -0.15) is 0 Å². The van der Waals surface area contributed by atoms with Crippen LogP contribution in [0.4, 0.5) is 0 Å². The lowest BCUT2D eigenvalue weighted by Crippen LogP contribution is -2.49. The minimum absolute atomic E-state index is 0. The second-order valence-electron chi connectivity index (χ2n) is 6.67. The minimum Gasteiger partial charge on any atom is -0.339 e. The predicted octanol–water partition coefficient (Wildman–Crippen LogP) is 3.65. The first kappa shape index (κ1) is 20.0. The Morgan fingerprint density at radius 3 is 2.39 bits per heavy atom. The van der Waals surface area contributed by atoms with Gasteiger partial charge in [-0.25, -0.2) is 0 Å². The maximum absolute atomic E-state index is 13.0. The molecule has 1 aliphatic heterocycles. The van der Waals surface area contributed by atoms with Gasteiger partial charge in [0.1, 0.15) is 0 Å². The molecule has 23 heavy (non-hydrogen) atoms. The van der Waals surface area contributed by atoms with Gasteiger partial charge in [0.05, 0.1) is 5.41 Å². The molecule has 2 atom stereocenters. The second kappa shape index (κ2) is 8.70. The molecule has 1 fully saturated rings. The molecule has 0 aliphatic carbocycles. The molecule has 2 rings (SSSR count). The number of amides is 1. The molecular formula is C19H31ClN2O. The van der Waals surface area contributed by atoms with Gasteiger partial charge in [-0.1, -0.05) is 44.2 Å². The largest absolute Gasteiger partial charge is 0.339 e. The SMILES string of the molecule is CCC(CC)(CN)C(=O)N1CCC(Cc2ccccc2)C1C.Cl. The maximum atomic E-state index is 13.0. The molecule has 3 nitrogen and oxygen atoms in total. The number of nitrogens with zero attached hydrogens (tertiary/aromatic N) is 1. The Bertz CT molecular complexity index is 479. The zero-order valence-corrected chi connectivity index (χ0v) is 15.4. The first-order valence-electron chi connectivity index (χ1n) is 8.63. The molecular weight excluding hydrogens is 308 g/mol. The highest BCUT2D eigenvalue weighted by Gasteiger charge is 2.42. The van der Waals surface area contributed by atoms with Crippen molar-refractivity contribution in [2.45, 2.75) is 52.5 Å². The molecule has 0 aromatic heterocycles. The lowest BCUT2D eigenvalue weighted by Gasteiger charge is -2.36. The molecule has 1 aliphatic rings. The Morgan fingerprint density at radius 2 is 1.87 bits per heavy atom. The molecule has 0 bridgehead atoms. The van der Waals surface area contributed by atoms with Gasteiger partial charge in [0.2, 0.25) is 5.91 Å². The van der Waals surface area contributed by atoms with Gasteiger partial charge in [-0.3, -0.25) is 4.79 Å². The summed E-state index contributed by atoms with van der Waals surface area (Å²) in [5.74, 6) is 0.818. The zero-order valence-electron chi connectivity index (χ0n) is 14.6. The molecule has 0 spiro atoms. The molecule has 1 heterocycles. The molecule has 4 heteroatoms. The first-order chi connectivity index (χ1) is 10.6. The number of nitrogens with two attached hydrogens (primary N) is 1. The average molecular weight is 339 g/mol. The van der Waals surface area contributed by atoms with Crippen molar-refractivity contribution in [3.05, 3.63) is 35.9 Å². The van der Waals surface area contributed by atoms with E-state index in [0.29, 0.717) is 18.5 Å². The van der Waals surface area contributed by atoms with E-state index in [9.17, 15) is 4.79 Å². The summed E-state index contributed by atoms with van der Waals surface area (Å²) in [6, 6.07) is 10.9. The maximum Gasteiger partial charge on any atom is 0.230 e. The number of hydrogen-bond donors (Lipinski definition) is 1. The molecule has 1 amide bonds. The van der Waals surface area contributed by atoms with E-state index in [4.69, 9.17) is 5.73 Å². The third kappa shape index (κ3) is 4.07. The van der Waals surface area contributed by atoms with E-state index in [-0.39, 0.29) is 23.7 Å². The van der Waals surface area contributed by atoms with Gasteiger partial charge in [0.25, 0.3) is 0 Å². The van der Waals surface area contributed by atoms with Gasteiger partial charge in [0, 0.05) is 19.1 Å². The molecule has 0 radical (unpaired) electrons. The molecule has 2 N–H and O–H groups in total. The Morgan fingerprint density at radius 1 is 1.26 bits per heavy atom. The first-order valence-corrected chi connectivity index (χ1v) is 8.63. The topological polar surface area (TPSA) is 46.3 Å². The number of carbonyl (C=O) groups is 1. The van der Waals surface area contributed by atoms with Crippen LogP contribution in [0.3, 0.4) is 0 Å². The van der Waals surface area contributed by atoms with Gasteiger partial charge in [-0.05, 0) is 44.1 Å². The van der Waals surface area contributed by atoms with Gasteiger partial charge in [-0.15, -0.1) is 12.4 Å². The monoisotopic (exact) mass is 338 g/mol. The number of hydrogen-bond acceptors (Lipinski definition) is 2. The van der Waals surface area contributed by atoms with Crippen molar-refractivity contribution < 1.29 is 4.79 Å². The summed E-state index contributed by atoms with van der Waals surface area (Å²) in [6.07, 6.45) is 3.80. The van der Waals surface area contributed by atoms with Gasteiger partial charge >= 0.3 is 0 Å². The fourth-order valence-corrected chi connectivity index (χ4v) is 3.71. The lowest BCUT2D eigenvalue weighted by molar-refractivity contribution is -0.143. The summed E-state index contributed by atoms with van der Waals surface area (Å²) >= 11 is 0. The smallest absolute Gasteiger partial charge is 0.230 e. The summed E-state index contributed by atoms with van der Waals surface area (Å²) in [4.78, 5) is 15.1. The summed E-state index contributed by atoms with van der Waals surface area (Å²) in [7, 11) is 0.